The minimum absolute atomic E-state index is 0.132. The van der Waals surface area contributed by atoms with E-state index >= 15 is 0 Å². The molecule has 0 spiro atoms. The minimum Gasteiger partial charge on any atom is -0.375 e. The summed E-state index contributed by atoms with van der Waals surface area (Å²) in [6.07, 6.45) is 0. The molecule has 264 valence electrons. The lowest BCUT2D eigenvalue weighted by Crippen LogP contribution is -2.53. The molecule has 0 saturated heterocycles. The van der Waals surface area contributed by atoms with E-state index in [1.165, 1.54) is 105 Å². The molecule has 12 rings (SSSR count). The molecule has 3 heteroatoms. The Hall–Kier alpha value is -7.36. The molecule has 57 heavy (non-hydrogen) atoms. The highest BCUT2D eigenvalue weighted by Crippen LogP contribution is 2.43. The summed E-state index contributed by atoms with van der Waals surface area (Å²) >= 11 is 0. The van der Waals surface area contributed by atoms with Gasteiger partial charge in [0.1, 0.15) is 0 Å². The zero-order chi connectivity index (χ0) is 37.5. The summed E-state index contributed by atoms with van der Waals surface area (Å²) in [5.41, 5.74) is 18.5. The molecule has 0 aliphatic carbocycles. The number of para-hydroxylation sites is 3. The molecule has 11 aromatic rings. The van der Waals surface area contributed by atoms with Crippen LogP contribution in [0.5, 0.6) is 0 Å². The van der Waals surface area contributed by atoms with Crippen LogP contribution in [0.25, 0.3) is 93.8 Å². The fraction of sp³-hybridized carbons (Fsp3) is 0. The number of hydrogen-bond donors (Lipinski definition) is 0. The third-order valence-electron chi connectivity index (χ3n) is 12.1. The number of rotatable bonds is 5. The first-order valence-corrected chi connectivity index (χ1v) is 19.8. The maximum atomic E-state index is 2.70. The SMILES string of the molecule is c1ccc(-c2ccc3c(c2)c2cc(-c4ccccc4)cc4c2n3-c2ccccc2B4n2c3c(-c4ccccc4)cccc3c3cccc(-c4ccccc4)c32)cc1. The average Bonchev–Trinajstić information content (AvgIpc) is 3.81. The molecule has 1 aliphatic heterocycles. The number of benzene rings is 9. The molecule has 0 bridgehead atoms. The molecular formula is C54H35BN2. The van der Waals surface area contributed by atoms with Gasteiger partial charge in [0.25, 0.3) is 0 Å². The number of hydrogen-bond acceptors (Lipinski definition) is 0. The van der Waals surface area contributed by atoms with Crippen molar-refractivity contribution in [2.75, 3.05) is 0 Å². The van der Waals surface area contributed by atoms with Crippen LogP contribution in [0.4, 0.5) is 0 Å². The van der Waals surface area contributed by atoms with Crippen molar-refractivity contribution in [1.29, 1.82) is 0 Å². The minimum atomic E-state index is -0.132. The molecule has 3 heterocycles. The van der Waals surface area contributed by atoms with Crippen molar-refractivity contribution in [3.05, 3.63) is 212 Å². The summed E-state index contributed by atoms with van der Waals surface area (Å²) < 4.78 is 5.24. The zero-order valence-corrected chi connectivity index (χ0v) is 31.2. The third kappa shape index (κ3) is 4.79. The zero-order valence-electron chi connectivity index (χ0n) is 31.2. The second-order valence-corrected chi connectivity index (χ2v) is 15.2. The standard InChI is InChI=1S/C54H35BN2/c1-5-17-36(18-6-1)40-31-32-50-46(33-40)47-34-41(37-19-7-2-8-20-37)35-49-54(47)56(50)51-30-14-13-29-48(51)55(49)57-52-42(38-21-9-3-10-22-38)25-15-27-44(52)45-28-16-26-43(53(45)57)39-23-11-4-12-24-39/h1-35H. The molecule has 1 aliphatic rings. The highest BCUT2D eigenvalue weighted by atomic mass is 15.0. The van der Waals surface area contributed by atoms with Gasteiger partial charge in [-0.1, -0.05) is 188 Å². The summed E-state index contributed by atoms with van der Waals surface area (Å²) in [7, 11) is 0. The van der Waals surface area contributed by atoms with Crippen LogP contribution in [0, 0.1) is 0 Å². The molecule has 9 aromatic carbocycles. The monoisotopic (exact) mass is 722 g/mol. The topological polar surface area (TPSA) is 9.86 Å². The van der Waals surface area contributed by atoms with E-state index in [0.717, 1.165) is 0 Å². The summed E-state index contributed by atoms with van der Waals surface area (Å²) in [4.78, 5) is 0. The van der Waals surface area contributed by atoms with Crippen molar-refractivity contribution >= 4 is 61.4 Å². The first-order chi connectivity index (χ1) is 28.3. The maximum Gasteiger partial charge on any atom is 0.332 e. The maximum absolute atomic E-state index is 2.70. The number of nitrogens with zero attached hydrogens (tertiary/aromatic N) is 2. The Morgan fingerprint density at radius 1 is 0.298 bits per heavy atom. The Kier molecular flexibility index (Phi) is 7.06. The van der Waals surface area contributed by atoms with Crippen LogP contribution in [-0.2, 0) is 0 Å². The van der Waals surface area contributed by atoms with Crippen molar-refractivity contribution in [1.82, 2.24) is 9.05 Å². The van der Waals surface area contributed by atoms with Crippen LogP contribution in [-0.4, -0.2) is 15.9 Å². The van der Waals surface area contributed by atoms with Gasteiger partial charge in [0.15, 0.2) is 0 Å². The quantitative estimate of drug-likeness (QED) is 0.157. The van der Waals surface area contributed by atoms with Crippen LogP contribution >= 0.6 is 0 Å². The molecule has 0 amide bonds. The normalized spacial score (nSPS) is 12.2. The highest BCUT2D eigenvalue weighted by molar-refractivity contribution is 6.88. The molecule has 2 aromatic heterocycles. The van der Waals surface area contributed by atoms with E-state index in [-0.39, 0.29) is 6.85 Å². The van der Waals surface area contributed by atoms with Crippen LogP contribution < -0.4 is 10.9 Å². The van der Waals surface area contributed by atoms with Crippen LogP contribution in [0.1, 0.15) is 0 Å². The molecule has 0 atom stereocenters. The van der Waals surface area contributed by atoms with E-state index in [4.69, 9.17) is 0 Å². The fourth-order valence-corrected chi connectivity index (χ4v) is 9.73. The van der Waals surface area contributed by atoms with Crippen LogP contribution in [0.3, 0.4) is 0 Å². The Morgan fingerprint density at radius 3 is 1.40 bits per heavy atom. The van der Waals surface area contributed by atoms with Gasteiger partial charge >= 0.3 is 6.85 Å². The van der Waals surface area contributed by atoms with Crippen molar-refractivity contribution in [2.24, 2.45) is 0 Å². The fourth-order valence-electron chi connectivity index (χ4n) is 9.73. The average molecular weight is 723 g/mol. The van der Waals surface area contributed by atoms with E-state index in [1.807, 2.05) is 0 Å². The summed E-state index contributed by atoms with van der Waals surface area (Å²) in [6, 6.07) is 78.3. The highest BCUT2D eigenvalue weighted by Gasteiger charge is 2.37. The van der Waals surface area contributed by atoms with Crippen LogP contribution in [0.2, 0.25) is 0 Å². The van der Waals surface area contributed by atoms with E-state index in [9.17, 15) is 0 Å². The molecule has 0 radical (unpaired) electrons. The number of aromatic nitrogens is 2. The Morgan fingerprint density at radius 2 is 0.807 bits per heavy atom. The van der Waals surface area contributed by atoms with Gasteiger partial charge in [0.2, 0.25) is 0 Å². The first-order valence-electron chi connectivity index (χ1n) is 19.8. The van der Waals surface area contributed by atoms with E-state index in [1.54, 1.807) is 0 Å². The van der Waals surface area contributed by atoms with Gasteiger partial charge in [0, 0.05) is 49.4 Å². The lowest BCUT2D eigenvalue weighted by molar-refractivity contribution is 1.18. The van der Waals surface area contributed by atoms with E-state index < -0.39 is 0 Å². The van der Waals surface area contributed by atoms with Gasteiger partial charge in [0.05, 0.1) is 11.0 Å². The summed E-state index contributed by atoms with van der Waals surface area (Å²) in [6.45, 7) is -0.132. The summed E-state index contributed by atoms with van der Waals surface area (Å²) in [5.74, 6) is 0. The van der Waals surface area contributed by atoms with Crippen molar-refractivity contribution in [2.45, 2.75) is 0 Å². The summed E-state index contributed by atoms with van der Waals surface area (Å²) in [5, 5.41) is 5.05. The Balaban J connectivity index is 1.28. The third-order valence-corrected chi connectivity index (χ3v) is 12.1. The van der Waals surface area contributed by atoms with Crippen molar-refractivity contribution in [3.8, 4) is 50.2 Å². The van der Waals surface area contributed by atoms with Gasteiger partial charge in [-0.15, -0.1) is 0 Å². The van der Waals surface area contributed by atoms with Crippen LogP contribution in [0.15, 0.2) is 212 Å². The lowest BCUT2D eigenvalue weighted by atomic mass is 9.48. The molecule has 0 fully saturated rings. The van der Waals surface area contributed by atoms with E-state index in [0.29, 0.717) is 0 Å². The second kappa shape index (κ2) is 12.6. The predicted molar refractivity (Wildman–Crippen MR) is 242 cm³/mol. The largest absolute Gasteiger partial charge is 0.375 e. The number of fused-ring (bicyclic) bond motifs is 8. The van der Waals surface area contributed by atoms with Gasteiger partial charge in [-0.2, -0.15) is 0 Å². The second-order valence-electron chi connectivity index (χ2n) is 15.2. The van der Waals surface area contributed by atoms with Gasteiger partial charge in [-0.3, -0.25) is 0 Å². The van der Waals surface area contributed by atoms with E-state index in [2.05, 4.69) is 221 Å². The van der Waals surface area contributed by atoms with Crippen molar-refractivity contribution in [3.63, 3.8) is 0 Å². The Labute approximate surface area is 331 Å². The van der Waals surface area contributed by atoms with Gasteiger partial charge in [-0.25, -0.2) is 0 Å². The molecule has 0 N–H and O–H groups in total. The van der Waals surface area contributed by atoms with Crippen molar-refractivity contribution < 1.29 is 0 Å². The van der Waals surface area contributed by atoms with Gasteiger partial charge < -0.3 is 9.05 Å². The molecular weight excluding hydrogens is 687 g/mol. The van der Waals surface area contributed by atoms with Gasteiger partial charge in [-0.05, 0) is 68.6 Å². The molecule has 0 unspecified atom stereocenters. The lowest BCUT2D eigenvalue weighted by Gasteiger charge is -2.30. The first kappa shape index (κ1) is 31.9. The predicted octanol–water partition coefficient (Wildman–Crippen LogP) is 12.5. The molecule has 0 saturated carbocycles. The molecule has 2 nitrogen and oxygen atoms in total. The smallest absolute Gasteiger partial charge is 0.332 e. The Bertz CT molecular complexity index is 3230.